The molecular formula is C6H10N2. The molecule has 0 fully saturated rings. The van der Waals surface area contributed by atoms with Gasteiger partial charge < -0.3 is 0 Å². The normalized spacial score (nSPS) is 27.8. The molecule has 0 spiro atoms. The minimum Gasteiger partial charge on any atom is -0.163 e. The van der Waals surface area contributed by atoms with Gasteiger partial charge in [-0.2, -0.15) is 10.2 Å². The third kappa shape index (κ3) is 1.15. The van der Waals surface area contributed by atoms with Gasteiger partial charge in [0.05, 0.1) is 0 Å². The van der Waals surface area contributed by atoms with E-state index in [4.69, 9.17) is 0 Å². The maximum atomic E-state index is 3.87. The number of rotatable bonds is 0. The van der Waals surface area contributed by atoms with Crippen LogP contribution in [0.25, 0.3) is 0 Å². The molecule has 0 amide bonds. The van der Waals surface area contributed by atoms with Crippen LogP contribution in [0.2, 0.25) is 0 Å². The minimum atomic E-state index is 0.590. The molecule has 0 unspecified atom stereocenters. The zero-order valence-corrected chi connectivity index (χ0v) is 5.26. The van der Waals surface area contributed by atoms with E-state index < -0.39 is 0 Å². The monoisotopic (exact) mass is 110 g/mol. The predicted octanol–water partition coefficient (Wildman–Crippen LogP) is 1.47. The van der Waals surface area contributed by atoms with Crippen molar-refractivity contribution in [1.82, 2.24) is 0 Å². The van der Waals surface area contributed by atoms with Crippen molar-refractivity contribution >= 4 is 11.9 Å². The van der Waals surface area contributed by atoms with Crippen molar-refractivity contribution < 1.29 is 0 Å². The fourth-order valence-electron chi connectivity index (χ4n) is 0.805. The lowest BCUT2D eigenvalue weighted by Crippen LogP contribution is -2.06. The molecule has 0 radical (unpaired) electrons. The lowest BCUT2D eigenvalue weighted by atomic mass is 10.1. The standard InChI is InChI=1S/C6H10N2/c1-5-3-6(2)8-7-4-5/h4-5H,3H2,1-2H3/t5-/m0/s1. The third-order valence-corrected chi connectivity index (χ3v) is 1.17. The molecule has 1 atom stereocenters. The van der Waals surface area contributed by atoms with E-state index >= 15 is 0 Å². The molecule has 0 aliphatic carbocycles. The molecular weight excluding hydrogens is 100 g/mol. The highest BCUT2D eigenvalue weighted by molar-refractivity contribution is 5.86. The van der Waals surface area contributed by atoms with Crippen molar-refractivity contribution in [2.45, 2.75) is 20.3 Å². The third-order valence-electron chi connectivity index (χ3n) is 1.17. The fourth-order valence-corrected chi connectivity index (χ4v) is 0.805. The van der Waals surface area contributed by atoms with Crippen LogP contribution in [0.1, 0.15) is 20.3 Å². The van der Waals surface area contributed by atoms with Crippen LogP contribution in [0.3, 0.4) is 0 Å². The second-order valence-electron chi connectivity index (χ2n) is 2.28. The van der Waals surface area contributed by atoms with Crippen molar-refractivity contribution in [2.75, 3.05) is 0 Å². The Kier molecular flexibility index (Phi) is 1.42. The molecule has 1 aliphatic rings. The molecule has 0 aromatic heterocycles. The summed E-state index contributed by atoms with van der Waals surface area (Å²) in [6.07, 6.45) is 2.95. The van der Waals surface area contributed by atoms with E-state index in [0.717, 1.165) is 12.1 Å². The van der Waals surface area contributed by atoms with Gasteiger partial charge in [-0.3, -0.25) is 0 Å². The fraction of sp³-hybridized carbons (Fsp3) is 0.667. The summed E-state index contributed by atoms with van der Waals surface area (Å²) in [6, 6.07) is 0. The highest BCUT2D eigenvalue weighted by Gasteiger charge is 2.03. The molecule has 2 nitrogen and oxygen atoms in total. The van der Waals surface area contributed by atoms with Gasteiger partial charge in [-0.05, 0) is 19.3 Å². The van der Waals surface area contributed by atoms with Gasteiger partial charge in [0.1, 0.15) is 0 Å². The SMILES string of the molecule is CC1=NN=C[C@@H](C)C1. The second kappa shape index (κ2) is 2.07. The van der Waals surface area contributed by atoms with Crippen molar-refractivity contribution in [1.29, 1.82) is 0 Å². The van der Waals surface area contributed by atoms with Crippen LogP contribution >= 0.6 is 0 Å². The average molecular weight is 110 g/mol. The maximum absolute atomic E-state index is 3.87. The first-order chi connectivity index (χ1) is 3.79. The van der Waals surface area contributed by atoms with Crippen LogP contribution in [-0.4, -0.2) is 11.9 Å². The average Bonchev–Trinajstić information content (AvgIpc) is 1.64. The Morgan fingerprint density at radius 2 is 2.50 bits per heavy atom. The molecule has 0 bridgehead atoms. The van der Waals surface area contributed by atoms with E-state index in [1.165, 1.54) is 0 Å². The molecule has 0 saturated heterocycles. The Morgan fingerprint density at radius 3 is 2.88 bits per heavy atom. The highest BCUT2D eigenvalue weighted by atomic mass is 15.2. The van der Waals surface area contributed by atoms with Crippen LogP contribution in [0.15, 0.2) is 10.2 Å². The van der Waals surface area contributed by atoms with E-state index in [1.807, 2.05) is 13.1 Å². The molecule has 0 aromatic carbocycles. The van der Waals surface area contributed by atoms with Gasteiger partial charge in [0.2, 0.25) is 0 Å². The van der Waals surface area contributed by atoms with Crippen LogP contribution in [-0.2, 0) is 0 Å². The summed E-state index contributed by atoms with van der Waals surface area (Å²) in [7, 11) is 0. The summed E-state index contributed by atoms with van der Waals surface area (Å²) in [5.74, 6) is 0.590. The van der Waals surface area contributed by atoms with Gasteiger partial charge in [-0.25, -0.2) is 0 Å². The minimum absolute atomic E-state index is 0.590. The molecule has 2 heteroatoms. The van der Waals surface area contributed by atoms with Crippen LogP contribution < -0.4 is 0 Å². The van der Waals surface area contributed by atoms with E-state index in [-0.39, 0.29) is 0 Å². The van der Waals surface area contributed by atoms with E-state index in [0.29, 0.717) is 5.92 Å². The van der Waals surface area contributed by atoms with Crippen LogP contribution in [0.5, 0.6) is 0 Å². The van der Waals surface area contributed by atoms with Gasteiger partial charge in [0.15, 0.2) is 0 Å². The first-order valence-corrected chi connectivity index (χ1v) is 2.85. The quantitative estimate of drug-likeness (QED) is 0.451. The van der Waals surface area contributed by atoms with E-state index in [2.05, 4.69) is 17.1 Å². The Labute approximate surface area is 49.3 Å². The van der Waals surface area contributed by atoms with E-state index in [9.17, 15) is 0 Å². The topological polar surface area (TPSA) is 24.7 Å². The summed E-state index contributed by atoms with van der Waals surface area (Å²) in [5.41, 5.74) is 1.14. The first kappa shape index (κ1) is 5.48. The summed E-state index contributed by atoms with van der Waals surface area (Å²) in [5, 5.41) is 7.67. The first-order valence-electron chi connectivity index (χ1n) is 2.85. The lowest BCUT2D eigenvalue weighted by Gasteiger charge is -2.06. The molecule has 1 rings (SSSR count). The molecule has 8 heavy (non-hydrogen) atoms. The summed E-state index contributed by atoms with van der Waals surface area (Å²) >= 11 is 0. The van der Waals surface area contributed by atoms with Gasteiger partial charge in [-0.1, -0.05) is 6.92 Å². The molecule has 0 N–H and O–H groups in total. The highest BCUT2D eigenvalue weighted by Crippen LogP contribution is 2.04. The zero-order chi connectivity index (χ0) is 5.98. The number of hydrogen-bond acceptors (Lipinski definition) is 2. The van der Waals surface area contributed by atoms with Crippen molar-refractivity contribution in [2.24, 2.45) is 16.1 Å². The van der Waals surface area contributed by atoms with Gasteiger partial charge >= 0.3 is 0 Å². The summed E-state index contributed by atoms with van der Waals surface area (Å²) in [4.78, 5) is 0. The smallest absolute Gasteiger partial charge is 0.0381 e. The Hall–Kier alpha value is -0.660. The van der Waals surface area contributed by atoms with Gasteiger partial charge in [-0.15, -0.1) is 0 Å². The van der Waals surface area contributed by atoms with Crippen LogP contribution in [0.4, 0.5) is 0 Å². The summed E-state index contributed by atoms with van der Waals surface area (Å²) in [6.45, 7) is 4.15. The number of hydrogen-bond donors (Lipinski definition) is 0. The predicted molar refractivity (Wildman–Crippen MR) is 35.4 cm³/mol. The zero-order valence-electron chi connectivity index (χ0n) is 5.26. The Balaban J connectivity index is 2.59. The lowest BCUT2D eigenvalue weighted by molar-refractivity contribution is 0.806. The van der Waals surface area contributed by atoms with Crippen molar-refractivity contribution in [3.05, 3.63) is 0 Å². The molecule has 1 heterocycles. The molecule has 44 valence electrons. The van der Waals surface area contributed by atoms with Gasteiger partial charge in [0, 0.05) is 11.9 Å². The molecule has 1 aliphatic heterocycles. The van der Waals surface area contributed by atoms with Crippen molar-refractivity contribution in [3.63, 3.8) is 0 Å². The maximum Gasteiger partial charge on any atom is 0.0381 e. The molecule has 0 saturated carbocycles. The largest absolute Gasteiger partial charge is 0.163 e. The van der Waals surface area contributed by atoms with Gasteiger partial charge in [0.25, 0.3) is 0 Å². The Bertz CT molecular complexity index is 135. The summed E-state index contributed by atoms with van der Waals surface area (Å²) < 4.78 is 0. The van der Waals surface area contributed by atoms with Crippen LogP contribution in [0, 0.1) is 5.92 Å². The Morgan fingerprint density at radius 1 is 1.75 bits per heavy atom. The second-order valence-corrected chi connectivity index (χ2v) is 2.28. The number of nitrogens with zero attached hydrogens (tertiary/aromatic N) is 2. The molecule has 0 aromatic rings. The van der Waals surface area contributed by atoms with E-state index in [1.54, 1.807) is 0 Å². The van der Waals surface area contributed by atoms with Crippen molar-refractivity contribution in [3.8, 4) is 0 Å².